The molecule has 8 heteroatoms. The summed E-state index contributed by atoms with van der Waals surface area (Å²) in [6.45, 7) is 3.12. The van der Waals surface area contributed by atoms with Gasteiger partial charge in [0.2, 0.25) is 9.84 Å². The SMILES string of the molecule is Cc1ccc(N/C=C(/C(=O)N2CCOCC2)S(=O)(=O)c2ccccc2F)cc1. The van der Waals surface area contributed by atoms with Crippen LogP contribution in [0.25, 0.3) is 0 Å². The van der Waals surface area contributed by atoms with Gasteiger partial charge in [0.25, 0.3) is 5.91 Å². The monoisotopic (exact) mass is 404 g/mol. The van der Waals surface area contributed by atoms with Crippen molar-refractivity contribution in [1.82, 2.24) is 4.90 Å². The van der Waals surface area contributed by atoms with Gasteiger partial charge in [-0.2, -0.15) is 0 Å². The van der Waals surface area contributed by atoms with E-state index in [9.17, 15) is 17.6 Å². The Hall–Kier alpha value is -2.71. The summed E-state index contributed by atoms with van der Waals surface area (Å²) in [5, 5.41) is 2.84. The van der Waals surface area contributed by atoms with Crippen LogP contribution in [-0.4, -0.2) is 45.5 Å². The number of aryl methyl sites for hydroxylation is 1. The number of carbonyl (C=O) groups is 1. The molecular weight excluding hydrogens is 383 g/mol. The predicted octanol–water partition coefficient (Wildman–Crippen LogP) is 2.72. The number of ether oxygens (including phenoxy) is 1. The Morgan fingerprint density at radius 1 is 1.11 bits per heavy atom. The molecule has 1 N–H and O–H groups in total. The van der Waals surface area contributed by atoms with Gasteiger partial charge in [0.05, 0.1) is 13.2 Å². The number of hydrogen-bond donors (Lipinski definition) is 1. The standard InChI is InChI=1S/C20H21FN2O4S/c1-15-6-8-16(9-7-15)22-14-19(20(24)23-10-12-27-13-11-23)28(25,26)18-5-3-2-4-17(18)21/h2-9,14,22H,10-13H2,1H3/b19-14-. The van der Waals surface area contributed by atoms with Crippen molar-refractivity contribution in [3.05, 3.63) is 71.0 Å². The molecule has 1 aliphatic heterocycles. The molecule has 1 fully saturated rings. The summed E-state index contributed by atoms with van der Waals surface area (Å²) < 4.78 is 45.6. The molecular formula is C20H21FN2O4S. The number of amides is 1. The third-order valence-corrected chi connectivity index (χ3v) is 6.13. The van der Waals surface area contributed by atoms with Crippen LogP contribution in [0.4, 0.5) is 10.1 Å². The second-order valence-electron chi connectivity index (χ2n) is 6.36. The Bertz CT molecular complexity index is 982. The molecule has 0 saturated carbocycles. The molecule has 148 valence electrons. The molecule has 0 aliphatic carbocycles. The number of benzene rings is 2. The van der Waals surface area contributed by atoms with Crippen LogP contribution in [0.5, 0.6) is 0 Å². The van der Waals surface area contributed by atoms with Crippen molar-refractivity contribution in [3.63, 3.8) is 0 Å². The summed E-state index contributed by atoms with van der Waals surface area (Å²) in [6, 6.07) is 12.2. The largest absolute Gasteiger partial charge is 0.378 e. The minimum absolute atomic E-state index is 0.271. The van der Waals surface area contributed by atoms with E-state index in [2.05, 4.69) is 5.32 Å². The van der Waals surface area contributed by atoms with Gasteiger partial charge < -0.3 is 15.0 Å². The van der Waals surface area contributed by atoms with Gasteiger partial charge in [0.1, 0.15) is 10.7 Å². The molecule has 2 aromatic carbocycles. The molecule has 0 aromatic heterocycles. The topological polar surface area (TPSA) is 75.7 Å². The molecule has 2 aromatic rings. The van der Waals surface area contributed by atoms with Gasteiger partial charge in [-0.15, -0.1) is 0 Å². The van der Waals surface area contributed by atoms with E-state index in [4.69, 9.17) is 4.74 Å². The highest BCUT2D eigenvalue weighted by molar-refractivity contribution is 7.96. The fourth-order valence-corrected chi connectivity index (χ4v) is 4.15. The third kappa shape index (κ3) is 4.40. The molecule has 0 atom stereocenters. The molecule has 3 rings (SSSR count). The molecule has 0 bridgehead atoms. The van der Waals surface area contributed by atoms with E-state index < -0.39 is 31.4 Å². The van der Waals surface area contributed by atoms with Crippen LogP contribution in [-0.2, 0) is 19.4 Å². The lowest BCUT2D eigenvalue weighted by Gasteiger charge is -2.27. The van der Waals surface area contributed by atoms with E-state index in [-0.39, 0.29) is 13.1 Å². The Morgan fingerprint density at radius 3 is 2.39 bits per heavy atom. The van der Waals surface area contributed by atoms with E-state index in [1.54, 1.807) is 12.1 Å². The number of carbonyl (C=O) groups excluding carboxylic acids is 1. The van der Waals surface area contributed by atoms with Gasteiger partial charge in [-0.3, -0.25) is 4.79 Å². The lowest BCUT2D eigenvalue weighted by molar-refractivity contribution is -0.130. The zero-order chi connectivity index (χ0) is 20.1. The second-order valence-corrected chi connectivity index (χ2v) is 8.24. The summed E-state index contributed by atoms with van der Waals surface area (Å²) in [6.07, 6.45) is 1.13. The number of sulfone groups is 1. The number of rotatable bonds is 5. The molecule has 1 amide bonds. The van der Waals surface area contributed by atoms with Crippen molar-refractivity contribution in [3.8, 4) is 0 Å². The van der Waals surface area contributed by atoms with E-state index in [0.717, 1.165) is 23.9 Å². The molecule has 1 saturated heterocycles. The van der Waals surface area contributed by atoms with Crippen molar-refractivity contribution >= 4 is 21.4 Å². The van der Waals surface area contributed by atoms with Crippen molar-refractivity contribution in [1.29, 1.82) is 0 Å². The number of nitrogens with zero attached hydrogens (tertiary/aromatic N) is 1. The molecule has 1 heterocycles. The smallest absolute Gasteiger partial charge is 0.267 e. The Kier molecular flexibility index (Phi) is 6.11. The number of morpholine rings is 1. The fourth-order valence-electron chi connectivity index (χ4n) is 2.76. The second kappa shape index (κ2) is 8.53. The molecule has 1 aliphatic rings. The Balaban J connectivity index is 2.00. The zero-order valence-electron chi connectivity index (χ0n) is 15.4. The summed E-state index contributed by atoms with van der Waals surface area (Å²) in [7, 11) is -4.37. The van der Waals surface area contributed by atoms with Crippen molar-refractivity contribution in [2.45, 2.75) is 11.8 Å². The third-order valence-electron chi connectivity index (χ3n) is 4.35. The predicted molar refractivity (Wildman–Crippen MR) is 104 cm³/mol. The van der Waals surface area contributed by atoms with Crippen LogP contribution in [0.3, 0.4) is 0 Å². The lowest BCUT2D eigenvalue weighted by atomic mass is 10.2. The molecule has 28 heavy (non-hydrogen) atoms. The number of halogens is 1. The maximum Gasteiger partial charge on any atom is 0.267 e. The van der Waals surface area contributed by atoms with Crippen LogP contribution in [0.2, 0.25) is 0 Å². The van der Waals surface area contributed by atoms with Crippen molar-refractivity contribution in [2.75, 3.05) is 31.6 Å². The maximum absolute atomic E-state index is 14.2. The first-order valence-electron chi connectivity index (χ1n) is 8.79. The van der Waals surface area contributed by atoms with Crippen LogP contribution in [0.1, 0.15) is 5.56 Å². The minimum Gasteiger partial charge on any atom is -0.378 e. The van der Waals surface area contributed by atoms with Crippen molar-refractivity contribution < 1.29 is 22.3 Å². The number of hydrogen-bond acceptors (Lipinski definition) is 5. The Morgan fingerprint density at radius 2 is 1.75 bits per heavy atom. The fraction of sp³-hybridized carbons (Fsp3) is 0.250. The van der Waals surface area contributed by atoms with Crippen LogP contribution < -0.4 is 5.32 Å². The van der Waals surface area contributed by atoms with E-state index in [1.807, 2.05) is 19.1 Å². The molecule has 0 radical (unpaired) electrons. The number of anilines is 1. The van der Waals surface area contributed by atoms with Gasteiger partial charge in [-0.05, 0) is 31.2 Å². The van der Waals surface area contributed by atoms with E-state index in [1.165, 1.54) is 17.0 Å². The summed E-state index contributed by atoms with van der Waals surface area (Å²) in [4.78, 5) is 13.3. The highest BCUT2D eigenvalue weighted by Crippen LogP contribution is 2.24. The van der Waals surface area contributed by atoms with Crippen LogP contribution >= 0.6 is 0 Å². The van der Waals surface area contributed by atoms with Gasteiger partial charge >= 0.3 is 0 Å². The summed E-state index contributed by atoms with van der Waals surface area (Å²) in [5.74, 6) is -1.59. The van der Waals surface area contributed by atoms with E-state index in [0.29, 0.717) is 18.9 Å². The van der Waals surface area contributed by atoms with Gasteiger partial charge in [-0.25, -0.2) is 12.8 Å². The zero-order valence-corrected chi connectivity index (χ0v) is 16.2. The average molecular weight is 404 g/mol. The normalized spacial score (nSPS) is 15.4. The van der Waals surface area contributed by atoms with Gasteiger partial charge in [0.15, 0.2) is 4.91 Å². The van der Waals surface area contributed by atoms with Crippen LogP contribution in [0.15, 0.2) is 64.5 Å². The van der Waals surface area contributed by atoms with Crippen molar-refractivity contribution in [2.24, 2.45) is 0 Å². The van der Waals surface area contributed by atoms with Gasteiger partial charge in [0, 0.05) is 25.0 Å². The first-order chi connectivity index (χ1) is 13.4. The molecule has 0 unspecified atom stereocenters. The van der Waals surface area contributed by atoms with E-state index >= 15 is 0 Å². The highest BCUT2D eigenvalue weighted by atomic mass is 32.2. The molecule has 6 nitrogen and oxygen atoms in total. The Labute approximate surface area is 163 Å². The summed E-state index contributed by atoms with van der Waals surface area (Å²) >= 11 is 0. The van der Waals surface area contributed by atoms with Gasteiger partial charge in [-0.1, -0.05) is 29.8 Å². The quantitative estimate of drug-likeness (QED) is 0.776. The maximum atomic E-state index is 14.2. The first kappa shape index (κ1) is 20.0. The lowest BCUT2D eigenvalue weighted by Crippen LogP contribution is -2.42. The molecule has 0 spiro atoms. The first-order valence-corrected chi connectivity index (χ1v) is 10.3. The minimum atomic E-state index is -4.37. The van der Waals surface area contributed by atoms with Crippen LogP contribution in [0, 0.1) is 12.7 Å². The highest BCUT2D eigenvalue weighted by Gasteiger charge is 2.33. The summed E-state index contributed by atoms with van der Waals surface area (Å²) in [5.41, 5.74) is 1.65. The number of nitrogens with one attached hydrogen (secondary N) is 1. The average Bonchev–Trinajstić information content (AvgIpc) is 2.70.